The third kappa shape index (κ3) is 8.76. The van der Waals surface area contributed by atoms with Gasteiger partial charge in [-0.2, -0.15) is 0 Å². The van der Waals surface area contributed by atoms with Crippen molar-refractivity contribution >= 4 is 90.6 Å². The lowest BCUT2D eigenvalue weighted by molar-refractivity contribution is 0.417. The highest BCUT2D eigenvalue weighted by atomic mass is 127. The van der Waals surface area contributed by atoms with Crippen molar-refractivity contribution in [3.05, 3.63) is 115 Å². The summed E-state index contributed by atoms with van der Waals surface area (Å²) in [5.41, 5.74) is 5.53. The van der Waals surface area contributed by atoms with Crippen LogP contribution < -0.4 is 26.0 Å². The second-order valence-electron chi connectivity index (χ2n) is 9.76. The molecule has 0 aliphatic rings. The van der Waals surface area contributed by atoms with E-state index in [2.05, 4.69) is 85.5 Å². The van der Waals surface area contributed by atoms with Gasteiger partial charge >= 0.3 is 0 Å². The Hall–Kier alpha value is -4.04. The molecule has 8 nitrogen and oxygen atoms in total. The number of methoxy groups -OCH3 is 1. The Kier molecular flexibility index (Phi) is 11.7. The summed E-state index contributed by atoms with van der Waals surface area (Å²) in [7, 11) is 1.63. The van der Waals surface area contributed by atoms with Gasteiger partial charge in [-0.3, -0.25) is 10.8 Å². The summed E-state index contributed by atoms with van der Waals surface area (Å²) in [5.74, 6) is 1.30. The number of aromatic hydroxyl groups is 1. The monoisotopic (exact) mass is 812 g/mol. The molecule has 10 heteroatoms. The molecule has 0 amide bonds. The van der Waals surface area contributed by atoms with Gasteiger partial charge in [-0.1, -0.05) is 67.6 Å². The summed E-state index contributed by atoms with van der Waals surface area (Å²) >= 11 is 4.24. The molecule has 5 rings (SSSR count). The van der Waals surface area contributed by atoms with Gasteiger partial charge in [-0.05, 0) is 105 Å². The number of phenols is 1. The fourth-order valence-corrected chi connectivity index (χ4v) is 6.02. The van der Waals surface area contributed by atoms with Crippen molar-refractivity contribution in [3.8, 4) is 11.5 Å². The van der Waals surface area contributed by atoms with Crippen molar-refractivity contribution in [2.75, 3.05) is 28.4 Å². The quantitative estimate of drug-likeness (QED) is 0.0521. The number of anilines is 4. The minimum Gasteiger partial charge on any atom is -0.507 e. The van der Waals surface area contributed by atoms with E-state index in [4.69, 9.17) is 15.6 Å². The van der Waals surface area contributed by atoms with E-state index < -0.39 is 0 Å². The lowest BCUT2D eigenvalue weighted by atomic mass is 10.1. The van der Waals surface area contributed by atoms with Crippen LogP contribution in [0.1, 0.15) is 18.1 Å². The fourth-order valence-electron chi connectivity index (χ4n) is 4.35. The lowest BCUT2D eigenvalue weighted by Gasteiger charge is -2.15. The molecule has 0 spiro atoms. The summed E-state index contributed by atoms with van der Waals surface area (Å²) in [6.45, 7) is 4.08. The maximum absolute atomic E-state index is 9.73. The molecule has 0 saturated carbocycles. The molecule has 5 aromatic rings. The van der Waals surface area contributed by atoms with Crippen LogP contribution >= 0.6 is 45.2 Å². The summed E-state index contributed by atoms with van der Waals surface area (Å²) < 4.78 is 7.11. The summed E-state index contributed by atoms with van der Waals surface area (Å²) in [6.07, 6.45) is 0.933. The minimum atomic E-state index is 0.165. The molecule has 0 bridgehead atoms. The first-order valence-electron chi connectivity index (χ1n) is 13.8. The van der Waals surface area contributed by atoms with Gasteiger partial charge in [0.15, 0.2) is 11.9 Å². The third-order valence-electron chi connectivity index (χ3n) is 6.68. The molecule has 0 fully saturated rings. The van der Waals surface area contributed by atoms with E-state index in [0.717, 1.165) is 52.7 Å². The maximum atomic E-state index is 9.73. The number of fused-ring (bicyclic) bond motifs is 1. The molecule has 0 aliphatic carbocycles. The zero-order valence-electron chi connectivity index (χ0n) is 24.6. The lowest BCUT2D eigenvalue weighted by Crippen LogP contribution is -2.21. The van der Waals surface area contributed by atoms with Gasteiger partial charge in [0.2, 0.25) is 0 Å². The molecule has 0 atom stereocenters. The molecule has 0 radical (unpaired) electrons. The Labute approximate surface area is 284 Å². The molecule has 0 saturated heterocycles. The number of nitrogens with one attached hydrogen (secondary N) is 6. The van der Waals surface area contributed by atoms with E-state index in [1.54, 1.807) is 13.2 Å². The van der Waals surface area contributed by atoms with E-state index >= 15 is 0 Å². The van der Waals surface area contributed by atoms with Crippen LogP contribution in [0, 0.1) is 24.9 Å². The highest BCUT2D eigenvalue weighted by molar-refractivity contribution is 14.1. The van der Waals surface area contributed by atoms with E-state index in [0.29, 0.717) is 5.69 Å². The molecule has 44 heavy (non-hydrogen) atoms. The van der Waals surface area contributed by atoms with Crippen LogP contribution in [0.3, 0.4) is 0 Å². The Morgan fingerprint density at radius 2 is 1.32 bits per heavy atom. The van der Waals surface area contributed by atoms with Gasteiger partial charge in [0.1, 0.15) is 11.5 Å². The van der Waals surface area contributed by atoms with Gasteiger partial charge < -0.3 is 31.1 Å². The van der Waals surface area contributed by atoms with Crippen LogP contribution in [-0.4, -0.2) is 24.1 Å². The first-order chi connectivity index (χ1) is 21.2. The second kappa shape index (κ2) is 15.6. The number of para-hydroxylation sites is 1. The smallest absolute Gasteiger partial charge is 0.197 e. The number of hydrogen-bond donors (Lipinski definition) is 7. The first kappa shape index (κ1) is 32.9. The predicted molar refractivity (Wildman–Crippen MR) is 201 cm³/mol. The molecule has 5 aromatic carbocycles. The van der Waals surface area contributed by atoms with Crippen LogP contribution in [0.5, 0.6) is 11.5 Å². The first-order valence-corrected chi connectivity index (χ1v) is 16.0. The molecule has 0 unspecified atom stereocenters. The maximum Gasteiger partial charge on any atom is 0.197 e. The Bertz CT molecular complexity index is 1790. The van der Waals surface area contributed by atoms with Crippen LogP contribution in [0.15, 0.2) is 97.1 Å². The van der Waals surface area contributed by atoms with Crippen LogP contribution in [0.2, 0.25) is 0 Å². The number of rotatable bonds is 6. The Morgan fingerprint density at radius 3 is 2.05 bits per heavy atom. The average Bonchev–Trinajstić information content (AvgIpc) is 3.01. The number of benzene rings is 5. The zero-order chi connectivity index (χ0) is 31.6. The molecule has 7 N–H and O–H groups in total. The number of guanidine groups is 2. The SMILES string of the molecule is CCc1ccc(OC)c(NC(=N)Nc2cccc3ccccc23)c1.Cc1ccccc1NC(=N)Nc1cc(O)c(I)cc1I. The van der Waals surface area contributed by atoms with Crippen molar-refractivity contribution in [1.29, 1.82) is 10.8 Å². The molecule has 0 aliphatic heterocycles. The van der Waals surface area contributed by atoms with Gasteiger partial charge in [-0.25, -0.2) is 0 Å². The number of aryl methyl sites for hydroxylation is 2. The normalized spacial score (nSPS) is 10.3. The second-order valence-corrected chi connectivity index (χ2v) is 12.1. The Balaban J connectivity index is 0.000000204. The van der Waals surface area contributed by atoms with E-state index in [-0.39, 0.29) is 17.7 Å². The van der Waals surface area contributed by atoms with Crippen molar-refractivity contribution in [1.82, 2.24) is 0 Å². The summed E-state index contributed by atoms with van der Waals surface area (Å²) in [4.78, 5) is 0. The number of hydrogen-bond acceptors (Lipinski definition) is 4. The van der Waals surface area contributed by atoms with Crippen molar-refractivity contribution < 1.29 is 9.84 Å². The molecule has 226 valence electrons. The molecule has 0 aromatic heterocycles. The van der Waals surface area contributed by atoms with Crippen molar-refractivity contribution in [2.24, 2.45) is 0 Å². The van der Waals surface area contributed by atoms with Gasteiger partial charge in [0, 0.05) is 26.4 Å². The molecule has 0 heterocycles. The number of ether oxygens (including phenoxy) is 1. The fraction of sp³-hybridized carbons (Fsp3) is 0.118. The minimum absolute atomic E-state index is 0.165. The highest BCUT2D eigenvalue weighted by Crippen LogP contribution is 2.29. The van der Waals surface area contributed by atoms with Crippen LogP contribution in [0.25, 0.3) is 10.8 Å². The van der Waals surface area contributed by atoms with Gasteiger partial charge in [0.25, 0.3) is 0 Å². The van der Waals surface area contributed by atoms with Crippen molar-refractivity contribution in [2.45, 2.75) is 20.3 Å². The van der Waals surface area contributed by atoms with Crippen LogP contribution in [0.4, 0.5) is 22.7 Å². The number of halogens is 2. The Morgan fingerprint density at radius 1 is 0.705 bits per heavy atom. The summed E-state index contributed by atoms with van der Waals surface area (Å²) in [5, 5.41) is 40.4. The largest absolute Gasteiger partial charge is 0.507 e. The third-order valence-corrected chi connectivity index (χ3v) is 8.44. The van der Waals surface area contributed by atoms with E-state index in [9.17, 15) is 5.11 Å². The average molecular weight is 812 g/mol. The highest BCUT2D eigenvalue weighted by Gasteiger charge is 2.09. The predicted octanol–water partition coefficient (Wildman–Crippen LogP) is 9.24. The van der Waals surface area contributed by atoms with E-state index in [1.807, 2.05) is 85.8 Å². The van der Waals surface area contributed by atoms with Crippen LogP contribution in [-0.2, 0) is 6.42 Å². The standard InChI is InChI=1S/C20H21N3O.C14H13I2N3O/c1-3-14-11-12-19(24-2)18(13-14)23-20(21)22-17-10-6-8-15-7-4-5-9-16(15)17;1-8-4-2-3-5-11(8)18-14(17)19-12-7-13(20)10(16)6-9(12)15/h4-13H,3H2,1-2H3,(H3,21,22,23);2-7,20H,1H3,(H3,17,18,19). The molecular weight excluding hydrogens is 778 g/mol. The molecular formula is C34H34I2N6O2. The van der Waals surface area contributed by atoms with E-state index in [1.165, 1.54) is 5.56 Å². The van der Waals surface area contributed by atoms with Crippen molar-refractivity contribution in [3.63, 3.8) is 0 Å². The topological polar surface area (TPSA) is 125 Å². The van der Waals surface area contributed by atoms with Gasteiger partial charge in [0.05, 0.1) is 22.1 Å². The van der Waals surface area contributed by atoms with Gasteiger partial charge in [-0.15, -0.1) is 0 Å². The summed E-state index contributed by atoms with van der Waals surface area (Å²) in [6, 6.07) is 31.4. The zero-order valence-corrected chi connectivity index (χ0v) is 28.9. The number of phenolic OH excluding ortho intramolecular Hbond substituents is 1.